The van der Waals surface area contributed by atoms with Gasteiger partial charge in [-0.1, -0.05) is 107 Å². The number of aliphatic hydroxyl groups is 1. The number of halogens is 4. The number of aliphatic hydroxyl groups excluding tert-OH is 1. The van der Waals surface area contributed by atoms with Crippen LogP contribution in [-0.2, 0) is 0 Å². The van der Waals surface area contributed by atoms with Crippen molar-refractivity contribution in [1.82, 2.24) is 4.98 Å². The van der Waals surface area contributed by atoms with Gasteiger partial charge in [-0.25, -0.2) is 0 Å². The number of rotatable bonds is 5. The summed E-state index contributed by atoms with van der Waals surface area (Å²) in [4.78, 5) is 4.04. The lowest BCUT2D eigenvalue weighted by atomic mass is 9.99. The molecular weight excluding hydrogens is 548 g/mol. The molecule has 4 aromatic carbocycles. The van der Waals surface area contributed by atoms with Crippen LogP contribution in [-0.4, -0.2) is 10.1 Å². The molecule has 7 heteroatoms. The van der Waals surface area contributed by atoms with Crippen molar-refractivity contribution in [2.24, 2.45) is 0 Å². The smallest absolute Gasteiger partial charge is 0.146 e. The van der Waals surface area contributed by atoms with Crippen LogP contribution in [0.15, 0.2) is 116 Å². The Morgan fingerprint density at radius 1 is 0.595 bits per heavy atom. The van der Waals surface area contributed by atoms with Crippen LogP contribution in [0.25, 0.3) is 11.1 Å². The molecule has 0 aliphatic rings. The highest BCUT2D eigenvalue weighted by atomic mass is 35.5. The molecule has 0 aliphatic heterocycles. The summed E-state index contributed by atoms with van der Waals surface area (Å²) < 4.78 is 5.57. The summed E-state index contributed by atoms with van der Waals surface area (Å²) in [6.45, 7) is 0. The molecule has 1 atom stereocenters. The third-order valence-corrected chi connectivity index (χ3v) is 6.40. The van der Waals surface area contributed by atoms with Gasteiger partial charge in [-0.3, -0.25) is 4.98 Å². The third kappa shape index (κ3) is 7.48. The molecule has 0 bridgehead atoms. The number of hydrogen-bond donors (Lipinski definition) is 1. The fraction of sp³-hybridized carbons (Fsp3) is 0.0333. The van der Waals surface area contributed by atoms with Gasteiger partial charge in [0.25, 0.3) is 0 Å². The van der Waals surface area contributed by atoms with Gasteiger partial charge in [0.05, 0.1) is 10.0 Å². The maximum Gasteiger partial charge on any atom is 0.146 e. The number of pyridine rings is 1. The highest BCUT2D eigenvalue weighted by molar-refractivity contribution is 6.36. The van der Waals surface area contributed by atoms with Gasteiger partial charge >= 0.3 is 0 Å². The van der Waals surface area contributed by atoms with E-state index in [0.29, 0.717) is 31.6 Å². The normalized spacial score (nSPS) is 11.3. The van der Waals surface area contributed by atoms with Crippen molar-refractivity contribution in [2.75, 3.05) is 0 Å². The summed E-state index contributed by atoms with van der Waals surface area (Å²) in [5.41, 5.74) is 4.00. The van der Waals surface area contributed by atoms with E-state index in [0.717, 1.165) is 16.7 Å². The van der Waals surface area contributed by atoms with Gasteiger partial charge < -0.3 is 9.84 Å². The zero-order valence-corrected chi connectivity index (χ0v) is 22.4. The Bertz CT molecular complexity index is 1400. The second kappa shape index (κ2) is 13.0. The van der Waals surface area contributed by atoms with Gasteiger partial charge in [0.1, 0.15) is 17.6 Å². The Labute approximate surface area is 235 Å². The van der Waals surface area contributed by atoms with Crippen LogP contribution >= 0.6 is 46.4 Å². The van der Waals surface area contributed by atoms with Crippen LogP contribution < -0.4 is 4.74 Å². The van der Waals surface area contributed by atoms with Gasteiger partial charge in [0, 0.05) is 28.0 Å². The molecule has 1 unspecified atom stereocenters. The first-order valence-electron chi connectivity index (χ1n) is 11.2. The van der Waals surface area contributed by atoms with E-state index in [-0.39, 0.29) is 0 Å². The fourth-order valence-corrected chi connectivity index (χ4v) is 4.35. The lowest BCUT2D eigenvalue weighted by Gasteiger charge is -2.11. The average molecular weight is 569 g/mol. The first-order valence-corrected chi connectivity index (χ1v) is 12.7. The van der Waals surface area contributed by atoms with Crippen molar-refractivity contribution in [3.8, 4) is 22.6 Å². The van der Waals surface area contributed by atoms with Gasteiger partial charge in [-0.15, -0.1) is 0 Å². The van der Waals surface area contributed by atoms with Crippen molar-refractivity contribution >= 4 is 46.4 Å². The number of benzene rings is 4. The molecule has 1 heterocycles. The Balaban J connectivity index is 0.000000176. The first-order chi connectivity index (χ1) is 17.9. The van der Waals surface area contributed by atoms with Crippen molar-refractivity contribution < 1.29 is 9.84 Å². The van der Waals surface area contributed by atoms with Gasteiger partial charge in [-0.2, -0.15) is 0 Å². The molecule has 3 nitrogen and oxygen atoms in total. The maximum atomic E-state index is 10.3. The van der Waals surface area contributed by atoms with Crippen LogP contribution in [0.4, 0.5) is 0 Å². The summed E-state index contributed by atoms with van der Waals surface area (Å²) >= 11 is 23.5. The van der Waals surface area contributed by atoms with E-state index in [9.17, 15) is 5.11 Å². The summed E-state index contributed by atoms with van der Waals surface area (Å²) in [5, 5.41) is 12.2. The highest BCUT2D eigenvalue weighted by Crippen LogP contribution is 2.36. The molecule has 0 fully saturated rings. The molecular formula is C30H21Cl4NO2. The van der Waals surface area contributed by atoms with E-state index in [4.69, 9.17) is 51.1 Å². The topological polar surface area (TPSA) is 42.4 Å². The second-order valence-corrected chi connectivity index (χ2v) is 9.62. The van der Waals surface area contributed by atoms with Crippen molar-refractivity contribution in [1.29, 1.82) is 0 Å². The van der Waals surface area contributed by atoms with Crippen LogP contribution in [0.2, 0.25) is 20.1 Å². The summed E-state index contributed by atoms with van der Waals surface area (Å²) in [5.74, 6) is 0.973. The molecule has 5 rings (SSSR count). The van der Waals surface area contributed by atoms with E-state index in [1.165, 1.54) is 5.56 Å². The van der Waals surface area contributed by atoms with Crippen molar-refractivity contribution in [3.63, 3.8) is 0 Å². The van der Waals surface area contributed by atoms with Crippen molar-refractivity contribution in [2.45, 2.75) is 6.10 Å². The minimum absolute atomic E-state index is 0.420. The number of aromatic nitrogens is 1. The van der Waals surface area contributed by atoms with E-state index >= 15 is 0 Å². The van der Waals surface area contributed by atoms with Crippen LogP contribution in [0.1, 0.15) is 17.2 Å². The molecule has 5 aromatic rings. The predicted molar refractivity (Wildman–Crippen MR) is 153 cm³/mol. The molecule has 186 valence electrons. The van der Waals surface area contributed by atoms with Crippen LogP contribution in [0.5, 0.6) is 11.5 Å². The summed E-state index contributed by atoms with van der Waals surface area (Å²) in [6, 6.07) is 31.8. The highest BCUT2D eigenvalue weighted by Gasteiger charge is 2.10. The third-order valence-electron chi connectivity index (χ3n) is 5.34. The van der Waals surface area contributed by atoms with Crippen LogP contribution in [0.3, 0.4) is 0 Å². The van der Waals surface area contributed by atoms with E-state index in [2.05, 4.69) is 17.1 Å². The lowest BCUT2D eigenvalue weighted by molar-refractivity contribution is 0.220. The first kappa shape index (κ1) is 27.0. The zero-order chi connectivity index (χ0) is 26.2. The second-order valence-electron chi connectivity index (χ2n) is 7.93. The minimum Gasteiger partial charge on any atom is -0.454 e. The quantitative estimate of drug-likeness (QED) is 0.229. The SMILES string of the molecule is Clc1ccc(Oc2ccc(Cl)cc2Cl)c(Cl)c1.OC(c1ccc(-c2ccccc2)cc1)c1cccnc1. The lowest BCUT2D eigenvalue weighted by Crippen LogP contribution is -1.99. The molecule has 1 N–H and O–H groups in total. The number of hydrogen-bond acceptors (Lipinski definition) is 3. The standard InChI is InChI=1S/C18H15NO.C12H6Cl4O/c20-18(17-7-4-12-19-13-17)16-10-8-15(9-11-16)14-5-2-1-3-6-14;13-7-1-3-11(9(15)5-7)17-12-4-2-8(14)6-10(12)16/h1-13,18,20H;1-6H. The number of nitrogens with zero attached hydrogens (tertiary/aromatic N) is 1. The van der Waals surface area contributed by atoms with E-state index < -0.39 is 6.10 Å². The minimum atomic E-state index is -0.631. The fourth-order valence-electron chi connectivity index (χ4n) is 3.45. The molecule has 1 aromatic heterocycles. The Morgan fingerprint density at radius 2 is 1.16 bits per heavy atom. The Kier molecular flexibility index (Phi) is 9.45. The molecule has 0 aliphatic carbocycles. The van der Waals surface area contributed by atoms with Gasteiger partial charge in [0.2, 0.25) is 0 Å². The zero-order valence-electron chi connectivity index (χ0n) is 19.4. The summed E-state index contributed by atoms with van der Waals surface area (Å²) in [6.07, 6.45) is 2.76. The predicted octanol–water partition coefficient (Wildman–Crippen LogP) is 9.92. The molecule has 0 saturated carbocycles. The number of ether oxygens (including phenoxy) is 1. The van der Waals surface area contributed by atoms with Crippen molar-refractivity contribution in [3.05, 3.63) is 147 Å². The Morgan fingerprint density at radius 3 is 1.68 bits per heavy atom. The van der Waals surface area contributed by atoms with E-state index in [1.54, 1.807) is 48.8 Å². The Hall–Kier alpha value is -3.05. The monoisotopic (exact) mass is 567 g/mol. The molecule has 0 radical (unpaired) electrons. The van der Waals surface area contributed by atoms with Gasteiger partial charge in [0.15, 0.2) is 0 Å². The summed E-state index contributed by atoms with van der Waals surface area (Å²) in [7, 11) is 0. The largest absolute Gasteiger partial charge is 0.454 e. The molecule has 0 spiro atoms. The average Bonchev–Trinajstić information content (AvgIpc) is 2.92. The van der Waals surface area contributed by atoms with Gasteiger partial charge in [-0.05, 0) is 59.2 Å². The molecule has 37 heavy (non-hydrogen) atoms. The maximum absolute atomic E-state index is 10.3. The molecule has 0 amide bonds. The van der Waals surface area contributed by atoms with E-state index in [1.807, 2.05) is 54.6 Å². The molecule has 0 saturated heterocycles. The van der Waals surface area contributed by atoms with Crippen LogP contribution in [0, 0.1) is 0 Å².